The van der Waals surface area contributed by atoms with Crippen molar-refractivity contribution in [3.63, 3.8) is 0 Å². The van der Waals surface area contributed by atoms with Gasteiger partial charge < -0.3 is 15.8 Å². The summed E-state index contributed by atoms with van der Waals surface area (Å²) >= 11 is 0. The largest absolute Gasteiger partial charge is 0.491 e. The molecular formula is C12H14N2O2. The number of fused-ring (bicyclic) bond motifs is 1. The van der Waals surface area contributed by atoms with Gasteiger partial charge in [0, 0.05) is 11.8 Å². The van der Waals surface area contributed by atoms with Crippen LogP contribution in [-0.2, 0) is 11.2 Å². The first-order valence-corrected chi connectivity index (χ1v) is 5.57. The molecule has 4 heteroatoms. The third-order valence-electron chi connectivity index (χ3n) is 3.03. The third-order valence-corrected chi connectivity index (χ3v) is 3.03. The van der Waals surface area contributed by atoms with Crippen molar-refractivity contribution in [1.29, 1.82) is 0 Å². The maximum absolute atomic E-state index is 11.2. The zero-order chi connectivity index (χ0) is 11.1. The highest BCUT2D eigenvalue weighted by Gasteiger charge is 2.24. The van der Waals surface area contributed by atoms with Gasteiger partial charge in [0.05, 0.1) is 18.7 Å². The Bertz CT molecular complexity index is 453. The van der Waals surface area contributed by atoms with Crippen molar-refractivity contribution in [3.05, 3.63) is 17.7 Å². The van der Waals surface area contributed by atoms with Gasteiger partial charge in [-0.1, -0.05) is 0 Å². The van der Waals surface area contributed by atoms with Gasteiger partial charge in [0.25, 0.3) is 0 Å². The van der Waals surface area contributed by atoms with Crippen LogP contribution in [0.4, 0.5) is 11.4 Å². The Labute approximate surface area is 93.8 Å². The van der Waals surface area contributed by atoms with Crippen molar-refractivity contribution in [2.24, 2.45) is 5.92 Å². The van der Waals surface area contributed by atoms with Crippen molar-refractivity contribution in [2.45, 2.75) is 19.3 Å². The Balaban J connectivity index is 1.82. The lowest BCUT2D eigenvalue weighted by atomic mass is 10.1. The molecule has 3 rings (SSSR count). The molecule has 1 aromatic carbocycles. The lowest BCUT2D eigenvalue weighted by molar-refractivity contribution is -0.115. The molecule has 0 spiro atoms. The molecule has 2 aliphatic rings. The van der Waals surface area contributed by atoms with E-state index in [1.54, 1.807) is 0 Å². The van der Waals surface area contributed by atoms with Crippen LogP contribution in [0.1, 0.15) is 18.4 Å². The fourth-order valence-corrected chi connectivity index (χ4v) is 1.89. The van der Waals surface area contributed by atoms with E-state index in [0.717, 1.165) is 17.9 Å². The SMILES string of the molecule is Nc1cc2c(cc1OCC1CC1)NC(=O)C2. The van der Waals surface area contributed by atoms with Crippen molar-refractivity contribution in [2.75, 3.05) is 17.7 Å². The number of nitrogens with one attached hydrogen (secondary N) is 1. The second-order valence-electron chi connectivity index (χ2n) is 4.53. The number of benzene rings is 1. The summed E-state index contributed by atoms with van der Waals surface area (Å²) in [4.78, 5) is 11.2. The van der Waals surface area contributed by atoms with Crippen LogP contribution in [0.3, 0.4) is 0 Å². The van der Waals surface area contributed by atoms with E-state index in [-0.39, 0.29) is 5.91 Å². The minimum atomic E-state index is 0.0220. The van der Waals surface area contributed by atoms with Crippen LogP contribution in [0.15, 0.2) is 12.1 Å². The Kier molecular flexibility index (Phi) is 2.02. The molecule has 0 saturated heterocycles. The number of nitrogens with two attached hydrogens (primary N) is 1. The van der Waals surface area contributed by atoms with Crippen LogP contribution in [-0.4, -0.2) is 12.5 Å². The topological polar surface area (TPSA) is 64.3 Å². The summed E-state index contributed by atoms with van der Waals surface area (Å²) in [5.74, 6) is 1.41. The van der Waals surface area contributed by atoms with Crippen LogP contribution < -0.4 is 15.8 Å². The normalized spacial score (nSPS) is 18.1. The summed E-state index contributed by atoms with van der Waals surface area (Å²) < 4.78 is 5.64. The molecule has 0 bridgehead atoms. The number of amides is 1. The second-order valence-corrected chi connectivity index (χ2v) is 4.53. The van der Waals surface area contributed by atoms with Gasteiger partial charge in [-0.05, 0) is 30.4 Å². The van der Waals surface area contributed by atoms with E-state index < -0.39 is 0 Å². The van der Waals surface area contributed by atoms with E-state index >= 15 is 0 Å². The average molecular weight is 218 g/mol. The number of hydrogen-bond donors (Lipinski definition) is 2. The van der Waals surface area contributed by atoms with E-state index in [1.165, 1.54) is 12.8 Å². The number of ether oxygens (including phenoxy) is 1. The number of nitrogen functional groups attached to an aromatic ring is 1. The molecule has 0 radical (unpaired) electrons. The van der Waals surface area contributed by atoms with Gasteiger partial charge in [-0.3, -0.25) is 4.79 Å². The lowest BCUT2D eigenvalue weighted by Crippen LogP contribution is -2.04. The minimum Gasteiger partial charge on any atom is -0.491 e. The molecule has 0 aromatic heterocycles. The second kappa shape index (κ2) is 3.40. The fraction of sp³-hybridized carbons (Fsp3) is 0.417. The molecule has 1 saturated carbocycles. The molecule has 1 aliphatic heterocycles. The van der Waals surface area contributed by atoms with E-state index in [0.29, 0.717) is 23.8 Å². The molecular weight excluding hydrogens is 204 g/mol. The summed E-state index contributed by atoms with van der Waals surface area (Å²) in [7, 11) is 0. The Morgan fingerprint density at radius 3 is 3.00 bits per heavy atom. The highest BCUT2D eigenvalue weighted by Crippen LogP contribution is 2.35. The zero-order valence-corrected chi connectivity index (χ0v) is 8.95. The van der Waals surface area contributed by atoms with Gasteiger partial charge in [-0.25, -0.2) is 0 Å². The van der Waals surface area contributed by atoms with Crippen LogP contribution in [0.25, 0.3) is 0 Å². The fourth-order valence-electron chi connectivity index (χ4n) is 1.89. The first-order valence-electron chi connectivity index (χ1n) is 5.57. The average Bonchev–Trinajstić information content (AvgIpc) is 2.98. The number of anilines is 2. The molecule has 3 N–H and O–H groups in total. The van der Waals surface area contributed by atoms with Crippen LogP contribution in [0.5, 0.6) is 5.75 Å². The molecule has 1 aromatic rings. The summed E-state index contributed by atoms with van der Waals surface area (Å²) in [6.45, 7) is 0.733. The first-order chi connectivity index (χ1) is 7.72. The maximum Gasteiger partial charge on any atom is 0.228 e. The summed E-state index contributed by atoms with van der Waals surface area (Å²) in [5, 5.41) is 2.79. The lowest BCUT2D eigenvalue weighted by Gasteiger charge is -2.10. The van der Waals surface area contributed by atoms with Gasteiger partial charge in [-0.2, -0.15) is 0 Å². The van der Waals surface area contributed by atoms with Gasteiger partial charge in [-0.15, -0.1) is 0 Å². The summed E-state index contributed by atoms with van der Waals surface area (Å²) in [5.41, 5.74) is 8.30. The van der Waals surface area contributed by atoms with Crippen LogP contribution >= 0.6 is 0 Å². The molecule has 84 valence electrons. The molecule has 0 atom stereocenters. The van der Waals surface area contributed by atoms with Gasteiger partial charge in [0.15, 0.2) is 0 Å². The van der Waals surface area contributed by atoms with Crippen molar-refractivity contribution >= 4 is 17.3 Å². The zero-order valence-electron chi connectivity index (χ0n) is 8.95. The Hall–Kier alpha value is -1.71. The molecule has 1 aliphatic carbocycles. The van der Waals surface area contributed by atoms with Gasteiger partial charge >= 0.3 is 0 Å². The Morgan fingerprint density at radius 2 is 2.25 bits per heavy atom. The highest BCUT2D eigenvalue weighted by atomic mass is 16.5. The van der Waals surface area contributed by atoms with E-state index in [2.05, 4.69) is 5.32 Å². The molecule has 1 heterocycles. The monoisotopic (exact) mass is 218 g/mol. The predicted octanol–water partition coefficient (Wildman–Crippen LogP) is 1.55. The Morgan fingerprint density at radius 1 is 1.44 bits per heavy atom. The smallest absolute Gasteiger partial charge is 0.228 e. The number of carbonyl (C=O) groups excluding carboxylic acids is 1. The maximum atomic E-state index is 11.2. The van der Waals surface area contributed by atoms with Crippen LogP contribution in [0.2, 0.25) is 0 Å². The molecule has 1 fully saturated rings. The van der Waals surface area contributed by atoms with Crippen molar-refractivity contribution < 1.29 is 9.53 Å². The van der Waals surface area contributed by atoms with E-state index in [1.807, 2.05) is 12.1 Å². The molecule has 16 heavy (non-hydrogen) atoms. The van der Waals surface area contributed by atoms with Crippen LogP contribution in [0, 0.1) is 5.92 Å². The van der Waals surface area contributed by atoms with Crippen molar-refractivity contribution in [3.8, 4) is 5.75 Å². The first kappa shape index (κ1) is 9.51. The third kappa shape index (κ3) is 1.71. The number of carbonyl (C=O) groups is 1. The van der Waals surface area contributed by atoms with E-state index in [9.17, 15) is 4.79 Å². The number of hydrogen-bond acceptors (Lipinski definition) is 3. The van der Waals surface area contributed by atoms with Gasteiger partial charge in [0.2, 0.25) is 5.91 Å². The highest BCUT2D eigenvalue weighted by molar-refractivity contribution is 6.00. The summed E-state index contributed by atoms with van der Waals surface area (Å²) in [6.07, 6.45) is 2.92. The quantitative estimate of drug-likeness (QED) is 0.756. The minimum absolute atomic E-state index is 0.0220. The molecule has 0 unspecified atom stereocenters. The van der Waals surface area contributed by atoms with Gasteiger partial charge in [0.1, 0.15) is 5.75 Å². The number of rotatable bonds is 3. The molecule has 4 nitrogen and oxygen atoms in total. The molecule has 1 amide bonds. The summed E-state index contributed by atoms with van der Waals surface area (Å²) in [6, 6.07) is 3.66. The van der Waals surface area contributed by atoms with Crippen molar-refractivity contribution in [1.82, 2.24) is 0 Å². The van der Waals surface area contributed by atoms with E-state index in [4.69, 9.17) is 10.5 Å². The predicted molar refractivity (Wildman–Crippen MR) is 61.4 cm³/mol. The standard InChI is InChI=1S/C12H14N2O2/c13-9-3-8-4-12(15)14-10(8)5-11(9)16-6-7-1-2-7/h3,5,7H,1-2,4,6,13H2,(H,14,15).